The van der Waals surface area contributed by atoms with Gasteiger partial charge in [0.05, 0.1) is 23.6 Å². The first-order valence-corrected chi connectivity index (χ1v) is 7.29. The number of pyridine rings is 1. The molecule has 5 heteroatoms. The number of rotatable bonds is 4. The summed E-state index contributed by atoms with van der Waals surface area (Å²) in [6.45, 7) is 1.83. The molecule has 0 aliphatic rings. The molecule has 0 radical (unpaired) electrons. The lowest BCUT2D eigenvalue weighted by molar-refractivity contribution is 0.0937. The van der Waals surface area contributed by atoms with E-state index in [4.69, 9.17) is 0 Å². The van der Waals surface area contributed by atoms with Crippen molar-refractivity contribution >= 4 is 5.91 Å². The molecule has 2 aromatic heterocycles. The van der Waals surface area contributed by atoms with Gasteiger partial charge in [-0.1, -0.05) is 36.4 Å². The van der Waals surface area contributed by atoms with E-state index in [1.807, 2.05) is 55.5 Å². The van der Waals surface area contributed by atoms with E-state index in [0.29, 0.717) is 0 Å². The summed E-state index contributed by atoms with van der Waals surface area (Å²) in [6.07, 6.45) is 4.77. The summed E-state index contributed by atoms with van der Waals surface area (Å²) in [5, 5.41) is 2.98. The maximum absolute atomic E-state index is 12.5. The van der Waals surface area contributed by atoms with Crippen LogP contribution >= 0.6 is 0 Å². The zero-order valence-electron chi connectivity index (χ0n) is 12.7. The molecule has 2 heterocycles. The molecule has 5 nitrogen and oxygen atoms in total. The smallest absolute Gasteiger partial charge is 0.272 e. The van der Waals surface area contributed by atoms with Crippen LogP contribution in [0.5, 0.6) is 0 Å². The number of aryl methyl sites for hydroxylation is 1. The van der Waals surface area contributed by atoms with Gasteiger partial charge in [0.1, 0.15) is 5.69 Å². The van der Waals surface area contributed by atoms with E-state index in [-0.39, 0.29) is 17.6 Å². The summed E-state index contributed by atoms with van der Waals surface area (Å²) < 4.78 is 0. The summed E-state index contributed by atoms with van der Waals surface area (Å²) in [6, 6.07) is 15.0. The van der Waals surface area contributed by atoms with Crippen LogP contribution in [0, 0.1) is 6.92 Å². The first-order valence-electron chi connectivity index (χ1n) is 7.29. The lowest BCUT2D eigenvalue weighted by Crippen LogP contribution is -2.30. The van der Waals surface area contributed by atoms with E-state index >= 15 is 0 Å². The van der Waals surface area contributed by atoms with Crippen molar-refractivity contribution < 1.29 is 4.79 Å². The Labute approximate surface area is 134 Å². The average Bonchev–Trinajstić information content (AvgIpc) is 2.61. The maximum Gasteiger partial charge on any atom is 0.272 e. The lowest BCUT2D eigenvalue weighted by atomic mass is 10.0. The van der Waals surface area contributed by atoms with E-state index in [0.717, 1.165) is 17.0 Å². The molecule has 1 atom stereocenters. The summed E-state index contributed by atoms with van der Waals surface area (Å²) in [5.41, 5.74) is 2.78. The molecular weight excluding hydrogens is 288 g/mol. The van der Waals surface area contributed by atoms with Gasteiger partial charge in [-0.15, -0.1) is 0 Å². The highest BCUT2D eigenvalue weighted by molar-refractivity contribution is 5.92. The van der Waals surface area contributed by atoms with E-state index < -0.39 is 0 Å². The number of hydrogen-bond donors (Lipinski definition) is 1. The molecule has 1 aromatic carbocycles. The number of aromatic nitrogens is 3. The minimum absolute atomic E-state index is 0.281. The van der Waals surface area contributed by atoms with Gasteiger partial charge >= 0.3 is 0 Å². The predicted molar refractivity (Wildman–Crippen MR) is 86.8 cm³/mol. The molecule has 0 aliphatic carbocycles. The van der Waals surface area contributed by atoms with Crippen LogP contribution in [0.15, 0.2) is 67.1 Å². The number of carbonyl (C=O) groups is 1. The third-order valence-electron chi connectivity index (χ3n) is 3.41. The van der Waals surface area contributed by atoms with Crippen LogP contribution in [0.25, 0.3) is 0 Å². The molecule has 0 aliphatic heterocycles. The van der Waals surface area contributed by atoms with E-state index in [1.165, 1.54) is 6.20 Å². The molecule has 3 aromatic rings. The van der Waals surface area contributed by atoms with Crippen molar-refractivity contribution in [1.82, 2.24) is 20.3 Å². The molecule has 3 rings (SSSR count). The van der Waals surface area contributed by atoms with Gasteiger partial charge in [0.15, 0.2) is 0 Å². The van der Waals surface area contributed by atoms with Gasteiger partial charge in [0.25, 0.3) is 5.91 Å². The normalized spacial score (nSPS) is 11.7. The number of amides is 1. The second-order valence-corrected chi connectivity index (χ2v) is 5.11. The van der Waals surface area contributed by atoms with Crippen molar-refractivity contribution in [3.8, 4) is 0 Å². The molecule has 23 heavy (non-hydrogen) atoms. The van der Waals surface area contributed by atoms with Gasteiger partial charge in [0, 0.05) is 12.4 Å². The minimum Gasteiger partial charge on any atom is -0.338 e. The number of hydrogen-bond acceptors (Lipinski definition) is 4. The van der Waals surface area contributed by atoms with Gasteiger partial charge in [-0.25, -0.2) is 4.98 Å². The Balaban J connectivity index is 1.90. The molecule has 0 saturated heterocycles. The fraction of sp³-hybridized carbons (Fsp3) is 0.111. The minimum atomic E-state index is -0.340. The van der Waals surface area contributed by atoms with Gasteiger partial charge < -0.3 is 5.32 Å². The van der Waals surface area contributed by atoms with Crippen molar-refractivity contribution in [2.24, 2.45) is 0 Å². The summed E-state index contributed by atoms with van der Waals surface area (Å²) in [4.78, 5) is 25.1. The van der Waals surface area contributed by atoms with Gasteiger partial charge in [-0.3, -0.25) is 14.8 Å². The highest BCUT2D eigenvalue weighted by Crippen LogP contribution is 2.20. The van der Waals surface area contributed by atoms with Crippen LogP contribution in [-0.2, 0) is 0 Å². The Kier molecular flexibility index (Phi) is 4.38. The Morgan fingerprint density at radius 3 is 2.39 bits per heavy atom. The van der Waals surface area contributed by atoms with Gasteiger partial charge in [-0.05, 0) is 24.6 Å². The molecule has 0 saturated carbocycles. The van der Waals surface area contributed by atoms with Crippen molar-refractivity contribution in [2.45, 2.75) is 13.0 Å². The fourth-order valence-electron chi connectivity index (χ4n) is 2.24. The number of nitrogens with zero attached hydrogens (tertiary/aromatic N) is 3. The van der Waals surface area contributed by atoms with Crippen molar-refractivity contribution in [3.63, 3.8) is 0 Å². The standard InChI is InChI=1S/C18H16N4O/c1-13-11-21-16(12-20-13)18(23)22-17(14-7-3-2-4-8-14)15-9-5-6-10-19-15/h2-12,17H,1H3,(H,22,23)/t17-/m0/s1. The van der Waals surface area contributed by atoms with Crippen molar-refractivity contribution in [1.29, 1.82) is 0 Å². The summed E-state index contributed by atoms with van der Waals surface area (Å²) >= 11 is 0. The zero-order chi connectivity index (χ0) is 16.1. The molecule has 1 amide bonds. The second kappa shape index (κ2) is 6.79. The maximum atomic E-state index is 12.5. The third-order valence-corrected chi connectivity index (χ3v) is 3.41. The molecule has 0 spiro atoms. The lowest BCUT2D eigenvalue weighted by Gasteiger charge is -2.18. The highest BCUT2D eigenvalue weighted by Gasteiger charge is 2.19. The van der Waals surface area contributed by atoms with Crippen LogP contribution in [0.3, 0.4) is 0 Å². The Morgan fingerprint density at radius 2 is 1.74 bits per heavy atom. The number of benzene rings is 1. The SMILES string of the molecule is Cc1cnc(C(=O)N[C@@H](c2ccccc2)c2ccccn2)cn1. The first kappa shape index (κ1) is 14.8. The average molecular weight is 304 g/mol. The summed E-state index contributed by atoms with van der Waals surface area (Å²) in [5.74, 6) is -0.281. The highest BCUT2D eigenvalue weighted by atomic mass is 16.1. The van der Waals surface area contributed by atoms with Gasteiger partial charge in [0.2, 0.25) is 0 Å². The van der Waals surface area contributed by atoms with Crippen molar-refractivity contribution in [3.05, 3.63) is 89.8 Å². The molecular formula is C18H16N4O. The molecule has 0 bridgehead atoms. The Bertz CT molecular complexity index is 734. The quantitative estimate of drug-likeness (QED) is 0.804. The third kappa shape index (κ3) is 3.58. The van der Waals surface area contributed by atoms with Crippen LogP contribution in [0.1, 0.15) is 33.5 Å². The fourth-order valence-corrected chi connectivity index (χ4v) is 2.24. The van der Waals surface area contributed by atoms with E-state index in [2.05, 4.69) is 20.3 Å². The monoisotopic (exact) mass is 304 g/mol. The van der Waals surface area contributed by atoms with Crippen molar-refractivity contribution in [2.75, 3.05) is 0 Å². The number of carbonyl (C=O) groups excluding carboxylic acids is 1. The van der Waals surface area contributed by atoms with Crippen LogP contribution in [0.4, 0.5) is 0 Å². The first-order chi connectivity index (χ1) is 11.2. The van der Waals surface area contributed by atoms with E-state index in [9.17, 15) is 4.79 Å². The molecule has 0 unspecified atom stereocenters. The van der Waals surface area contributed by atoms with E-state index in [1.54, 1.807) is 12.4 Å². The Hall–Kier alpha value is -3.08. The van der Waals surface area contributed by atoms with Crippen LogP contribution < -0.4 is 5.32 Å². The largest absolute Gasteiger partial charge is 0.338 e. The van der Waals surface area contributed by atoms with Crippen LogP contribution in [-0.4, -0.2) is 20.9 Å². The summed E-state index contributed by atoms with van der Waals surface area (Å²) in [7, 11) is 0. The topological polar surface area (TPSA) is 67.8 Å². The molecule has 114 valence electrons. The Morgan fingerprint density at radius 1 is 0.957 bits per heavy atom. The zero-order valence-corrected chi connectivity index (χ0v) is 12.7. The predicted octanol–water partition coefficient (Wildman–Crippen LogP) is 2.70. The van der Waals surface area contributed by atoms with Crippen LogP contribution in [0.2, 0.25) is 0 Å². The molecule has 1 N–H and O–H groups in total. The molecule has 0 fully saturated rings. The second-order valence-electron chi connectivity index (χ2n) is 5.11. The van der Waals surface area contributed by atoms with Gasteiger partial charge in [-0.2, -0.15) is 0 Å². The number of nitrogens with one attached hydrogen (secondary N) is 1.